The van der Waals surface area contributed by atoms with Gasteiger partial charge in [0.15, 0.2) is 6.61 Å². The van der Waals surface area contributed by atoms with Crippen molar-refractivity contribution in [1.29, 1.82) is 0 Å². The summed E-state index contributed by atoms with van der Waals surface area (Å²) in [6.07, 6.45) is -4.36. The first-order valence-electron chi connectivity index (χ1n) is 5.60. The quantitative estimate of drug-likeness (QED) is 0.843. The Hall–Kier alpha value is -1.47. The van der Waals surface area contributed by atoms with Gasteiger partial charge in [0.05, 0.1) is 6.54 Å². The highest BCUT2D eigenvalue weighted by Crippen LogP contribution is 2.19. The average molecular weight is 313 g/mol. The number of carbonyl (C=O) groups excluding carboxylic acids is 1. The van der Waals surface area contributed by atoms with Gasteiger partial charge in [0.1, 0.15) is 5.75 Å². The van der Waals surface area contributed by atoms with Gasteiger partial charge < -0.3 is 15.4 Å². The Morgan fingerprint density at radius 1 is 1.35 bits per heavy atom. The molecular weight excluding hydrogens is 297 g/mol. The van der Waals surface area contributed by atoms with Crippen LogP contribution in [0.5, 0.6) is 5.75 Å². The van der Waals surface area contributed by atoms with E-state index in [0.717, 1.165) is 0 Å². The molecule has 0 aliphatic rings. The van der Waals surface area contributed by atoms with Crippen LogP contribution in [-0.2, 0) is 11.3 Å². The number of likely N-dealkylation sites (N-methyl/N-ethyl adjacent to an activating group) is 1. The molecule has 4 nitrogen and oxygen atoms in total. The van der Waals surface area contributed by atoms with Gasteiger partial charge in [-0.3, -0.25) is 4.79 Å². The van der Waals surface area contributed by atoms with Crippen molar-refractivity contribution in [2.24, 2.45) is 0 Å². The zero-order valence-electron chi connectivity index (χ0n) is 10.8. The number of hydrogen-bond donors (Lipinski definition) is 2. The summed E-state index contributed by atoms with van der Waals surface area (Å²) in [7, 11) is 1.64. The Balaban J connectivity index is 0.00000361. The Bertz CT molecular complexity index is 427. The van der Waals surface area contributed by atoms with Crippen molar-refractivity contribution >= 4 is 18.3 Å². The average Bonchev–Trinajstić information content (AvgIpc) is 2.34. The van der Waals surface area contributed by atoms with E-state index in [1.54, 1.807) is 19.2 Å². The first kappa shape index (κ1) is 18.5. The molecule has 0 aliphatic carbocycles. The zero-order chi connectivity index (χ0) is 14.3. The van der Waals surface area contributed by atoms with Crippen LogP contribution in [0.3, 0.4) is 0 Å². The smallest absolute Gasteiger partial charge is 0.422 e. The normalized spacial score (nSPS) is 10.6. The minimum absolute atomic E-state index is 0. The minimum atomic E-state index is -4.36. The molecule has 1 aromatic rings. The lowest BCUT2D eigenvalue weighted by molar-refractivity contribution is -0.153. The van der Waals surface area contributed by atoms with Crippen LogP contribution in [0.1, 0.15) is 5.56 Å². The van der Waals surface area contributed by atoms with E-state index in [0.29, 0.717) is 5.56 Å². The van der Waals surface area contributed by atoms with Crippen molar-refractivity contribution in [2.75, 3.05) is 20.2 Å². The monoisotopic (exact) mass is 312 g/mol. The molecule has 1 amide bonds. The Morgan fingerprint density at radius 3 is 2.65 bits per heavy atom. The molecule has 0 atom stereocenters. The minimum Gasteiger partial charge on any atom is -0.484 e. The maximum Gasteiger partial charge on any atom is 0.422 e. The molecule has 0 unspecified atom stereocenters. The second-order valence-electron chi connectivity index (χ2n) is 3.86. The van der Waals surface area contributed by atoms with Crippen LogP contribution in [-0.4, -0.2) is 32.3 Å². The molecule has 2 N–H and O–H groups in total. The third-order valence-corrected chi connectivity index (χ3v) is 2.13. The molecular formula is C12H16ClF3N2O2. The molecule has 0 aromatic heterocycles. The molecule has 0 radical (unpaired) electrons. The van der Waals surface area contributed by atoms with Crippen molar-refractivity contribution in [1.82, 2.24) is 10.6 Å². The van der Waals surface area contributed by atoms with E-state index >= 15 is 0 Å². The van der Waals surface area contributed by atoms with Crippen molar-refractivity contribution in [3.8, 4) is 5.75 Å². The van der Waals surface area contributed by atoms with Crippen LogP contribution in [0, 0.1) is 0 Å². The predicted molar refractivity (Wildman–Crippen MR) is 71.0 cm³/mol. The van der Waals surface area contributed by atoms with Gasteiger partial charge in [-0.1, -0.05) is 12.1 Å². The highest BCUT2D eigenvalue weighted by molar-refractivity contribution is 5.85. The van der Waals surface area contributed by atoms with Crippen molar-refractivity contribution in [3.63, 3.8) is 0 Å². The fraction of sp³-hybridized carbons (Fsp3) is 0.417. The first-order valence-corrected chi connectivity index (χ1v) is 5.60. The number of nitrogens with one attached hydrogen (secondary N) is 2. The fourth-order valence-electron chi connectivity index (χ4n) is 1.33. The van der Waals surface area contributed by atoms with E-state index in [2.05, 4.69) is 15.4 Å². The van der Waals surface area contributed by atoms with Gasteiger partial charge in [-0.05, 0) is 24.7 Å². The summed E-state index contributed by atoms with van der Waals surface area (Å²) in [6.45, 7) is -0.906. The molecule has 0 fully saturated rings. The molecule has 0 heterocycles. The number of ether oxygens (including phenoxy) is 1. The topological polar surface area (TPSA) is 50.4 Å². The summed E-state index contributed by atoms with van der Waals surface area (Å²) >= 11 is 0. The predicted octanol–water partition coefficient (Wildman–Crippen LogP) is 1.89. The molecule has 1 aromatic carbocycles. The molecule has 0 aliphatic heterocycles. The van der Waals surface area contributed by atoms with Gasteiger partial charge >= 0.3 is 6.18 Å². The SMILES string of the molecule is CNCC(=O)NCc1cccc(OCC(F)(F)F)c1.Cl. The maximum absolute atomic E-state index is 12.0. The van der Waals surface area contributed by atoms with Gasteiger partial charge in [-0.25, -0.2) is 0 Å². The highest BCUT2D eigenvalue weighted by atomic mass is 35.5. The first-order chi connectivity index (χ1) is 8.90. The van der Waals surface area contributed by atoms with Gasteiger partial charge in [0.25, 0.3) is 0 Å². The molecule has 0 saturated carbocycles. The molecule has 0 bridgehead atoms. The number of alkyl halides is 3. The van der Waals surface area contributed by atoms with Crippen molar-refractivity contribution in [2.45, 2.75) is 12.7 Å². The standard InChI is InChI=1S/C12H15F3N2O2.ClH/c1-16-7-11(18)17-6-9-3-2-4-10(5-9)19-8-12(13,14)15;/h2-5,16H,6-8H2,1H3,(H,17,18);1H. The van der Waals surface area contributed by atoms with Gasteiger partial charge in [-0.2, -0.15) is 13.2 Å². The van der Waals surface area contributed by atoms with Gasteiger partial charge in [0.2, 0.25) is 5.91 Å². The lowest BCUT2D eigenvalue weighted by atomic mass is 10.2. The third kappa shape index (κ3) is 7.85. The summed E-state index contributed by atoms with van der Waals surface area (Å²) in [6, 6.07) is 6.17. The number of halogens is 4. The van der Waals surface area contributed by atoms with Crippen LogP contribution >= 0.6 is 12.4 Å². The molecule has 114 valence electrons. The summed E-state index contributed by atoms with van der Waals surface area (Å²) in [5, 5.41) is 5.31. The Morgan fingerprint density at radius 2 is 2.05 bits per heavy atom. The number of carbonyl (C=O) groups is 1. The molecule has 8 heteroatoms. The van der Waals surface area contributed by atoms with E-state index in [9.17, 15) is 18.0 Å². The number of rotatable bonds is 6. The van der Waals surface area contributed by atoms with Crippen molar-refractivity contribution in [3.05, 3.63) is 29.8 Å². The van der Waals surface area contributed by atoms with Crippen LogP contribution in [0.2, 0.25) is 0 Å². The lowest BCUT2D eigenvalue weighted by Crippen LogP contribution is -2.31. The van der Waals surface area contributed by atoms with Gasteiger partial charge in [0, 0.05) is 6.54 Å². The summed E-state index contributed by atoms with van der Waals surface area (Å²) < 4.78 is 40.6. The Kier molecular flexibility index (Phi) is 8.02. The number of amides is 1. The van der Waals surface area contributed by atoms with E-state index in [1.165, 1.54) is 12.1 Å². The van der Waals surface area contributed by atoms with Crippen LogP contribution in [0.25, 0.3) is 0 Å². The van der Waals surface area contributed by atoms with Crippen LogP contribution in [0.4, 0.5) is 13.2 Å². The second kappa shape index (κ2) is 8.65. The molecule has 1 rings (SSSR count). The number of hydrogen-bond acceptors (Lipinski definition) is 3. The Labute approximate surface area is 121 Å². The third-order valence-electron chi connectivity index (χ3n) is 2.13. The summed E-state index contributed by atoms with van der Waals surface area (Å²) in [5.41, 5.74) is 0.670. The highest BCUT2D eigenvalue weighted by Gasteiger charge is 2.28. The summed E-state index contributed by atoms with van der Waals surface area (Å²) in [4.78, 5) is 11.2. The van der Waals surface area contributed by atoms with Gasteiger partial charge in [-0.15, -0.1) is 12.4 Å². The number of benzene rings is 1. The zero-order valence-corrected chi connectivity index (χ0v) is 11.6. The van der Waals surface area contributed by atoms with Crippen LogP contribution < -0.4 is 15.4 Å². The maximum atomic E-state index is 12.0. The van der Waals surface area contributed by atoms with E-state index in [1.807, 2.05) is 0 Å². The second-order valence-corrected chi connectivity index (χ2v) is 3.86. The molecule has 0 spiro atoms. The molecule has 20 heavy (non-hydrogen) atoms. The van der Waals surface area contributed by atoms with E-state index in [4.69, 9.17) is 0 Å². The largest absolute Gasteiger partial charge is 0.484 e. The summed E-state index contributed by atoms with van der Waals surface area (Å²) in [5.74, 6) is -0.0678. The lowest BCUT2D eigenvalue weighted by Gasteiger charge is -2.10. The fourth-order valence-corrected chi connectivity index (χ4v) is 1.33. The molecule has 0 saturated heterocycles. The van der Waals surface area contributed by atoms with Crippen molar-refractivity contribution < 1.29 is 22.7 Å². The van der Waals surface area contributed by atoms with E-state index < -0.39 is 12.8 Å². The van der Waals surface area contributed by atoms with E-state index in [-0.39, 0.29) is 37.2 Å². The van der Waals surface area contributed by atoms with Crippen LogP contribution in [0.15, 0.2) is 24.3 Å².